The number of carbonyl (C=O) groups is 1. The summed E-state index contributed by atoms with van der Waals surface area (Å²) < 4.78 is 7.40. The second-order valence-corrected chi connectivity index (χ2v) is 7.71. The summed E-state index contributed by atoms with van der Waals surface area (Å²) in [6.45, 7) is 6.18. The second kappa shape index (κ2) is 8.32. The highest BCUT2D eigenvalue weighted by atomic mass is 16.5. The standard InChI is InChI=1S/C24H28N4O2/c1-17-20(23(25-26(17)3)19-10-6-5-7-11-19)16-27-14-15-28(24(29)18(27)2)21-12-8-9-13-22(21)30-4/h5-13,18H,14-16H2,1-4H3. The Balaban J connectivity index is 1.59. The van der Waals surface area contributed by atoms with Crippen molar-refractivity contribution < 1.29 is 9.53 Å². The van der Waals surface area contributed by atoms with Crippen molar-refractivity contribution in [3.8, 4) is 17.0 Å². The lowest BCUT2D eigenvalue weighted by Gasteiger charge is -2.39. The maximum Gasteiger partial charge on any atom is 0.244 e. The Bertz CT molecular complexity index is 1040. The molecule has 156 valence electrons. The van der Waals surface area contributed by atoms with Crippen LogP contribution in [0.2, 0.25) is 0 Å². The van der Waals surface area contributed by atoms with Crippen LogP contribution in [0.25, 0.3) is 11.3 Å². The Morgan fingerprint density at radius 3 is 2.50 bits per heavy atom. The highest BCUT2D eigenvalue weighted by molar-refractivity contribution is 5.99. The molecule has 1 unspecified atom stereocenters. The number of rotatable bonds is 5. The summed E-state index contributed by atoms with van der Waals surface area (Å²) in [5, 5.41) is 4.75. The van der Waals surface area contributed by atoms with Gasteiger partial charge in [0.25, 0.3) is 0 Å². The average molecular weight is 405 g/mol. The molecule has 1 atom stereocenters. The number of methoxy groups -OCH3 is 1. The molecule has 6 nitrogen and oxygen atoms in total. The van der Waals surface area contributed by atoms with Crippen LogP contribution < -0.4 is 9.64 Å². The van der Waals surface area contributed by atoms with Gasteiger partial charge in [0.05, 0.1) is 24.5 Å². The van der Waals surface area contributed by atoms with Crippen LogP contribution in [0.1, 0.15) is 18.2 Å². The Morgan fingerprint density at radius 2 is 1.77 bits per heavy atom. The van der Waals surface area contributed by atoms with Crippen molar-refractivity contribution in [3.63, 3.8) is 0 Å². The molecule has 1 amide bonds. The van der Waals surface area contributed by atoms with Gasteiger partial charge in [-0.15, -0.1) is 0 Å². The van der Waals surface area contributed by atoms with Crippen LogP contribution in [0.4, 0.5) is 5.69 Å². The Hall–Kier alpha value is -3.12. The van der Waals surface area contributed by atoms with Crippen molar-refractivity contribution >= 4 is 11.6 Å². The number of amides is 1. The average Bonchev–Trinajstić information content (AvgIpc) is 3.06. The molecule has 2 heterocycles. The molecule has 1 aliphatic heterocycles. The lowest BCUT2D eigenvalue weighted by molar-refractivity contribution is -0.125. The summed E-state index contributed by atoms with van der Waals surface area (Å²) in [4.78, 5) is 17.3. The highest BCUT2D eigenvalue weighted by Crippen LogP contribution is 2.32. The number of carbonyl (C=O) groups excluding carboxylic acids is 1. The van der Waals surface area contributed by atoms with Crippen LogP contribution in [0.3, 0.4) is 0 Å². The van der Waals surface area contributed by atoms with Crippen molar-refractivity contribution in [1.29, 1.82) is 0 Å². The predicted octanol–water partition coefficient (Wildman–Crippen LogP) is 3.64. The number of ether oxygens (including phenoxy) is 1. The van der Waals surface area contributed by atoms with E-state index >= 15 is 0 Å². The molecule has 0 N–H and O–H groups in total. The zero-order valence-electron chi connectivity index (χ0n) is 18.0. The molecule has 1 saturated heterocycles. The fourth-order valence-electron chi connectivity index (χ4n) is 4.09. The Kier molecular flexibility index (Phi) is 5.59. The number of para-hydroxylation sites is 2. The van der Waals surface area contributed by atoms with Gasteiger partial charge in [0, 0.05) is 43.5 Å². The molecule has 0 aliphatic carbocycles. The van der Waals surface area contributed by atoms with E-state index in [2.05, 4.69) is 24.0 Å². The summed E-state index contributed by atoms with van der Waals surface area (Å²) in [5.41, 5.74) is 5.22. The molecule has 4 rings (SSSR count). The minimum absolute atomic E-state index is 0.0913. The van der Waals surface area contributed by atoms with Gasteiger partial charge in [-0.25, -0.2) is 0 Å². The van der Waals surface area contributed by atoms with E-state index in [1.54, 1.807) is 7.11 Å². The number of nitrogens with zero attached hydrogens (tertiary/aromatic N) is 4. The first kappa shape index (κ1) is 20.2. The van der Waals surface area contributed by atoms with Gasteiger partial charge in [-0.3, -0.25) is 14.4 Å². The van der Waals surface area contributed by atoms with Crippen LogP contribution in [-0.4, -0.2) is 46.8 Å². The van der Waals surface area contributed by atoms with Crippen LogP contribution in [0.5, 0.6) is 5.75 Å². The minimum atomic E-state index is -0.230. The van der Waals surface area contributed by atoms with Crippen LogP contribution >= 0.6 is 0 Å². The van der Waals surface area contributed by atoms with Crippen LogP contribution in [0.15, 0.2) is 54.6 Å². The molecule has 3 aromatic rings. The van der Waals surface area contributed by atoms with Crippen molar-refractivity contribution in [3.05, 3.63) is 65.9 Å². The largest absolute Gasteiger partial charge is 0.495 e. The predicted molar refractivity (Wildman–Crippen MR) is 119 cm³/mol. The normalized spacial score (nSPS) is 17.4. The fraction of sp³-hybridized carbons (Fsp3) is 0.333. The van der Waals surface area contributed by atoms with Gasteiger partial charge >= 0.3 is 0 Å². The topological polar surface area (TPSA) is 50.6 Å². The van der Waals surface area contributed by atoms with Crippen LogP contribution in [0, 0.1) is 6.92 Å². The number of hydrogen-bond acceptors (Lipinski definition) is 4. The van der Waals surface area contributed by atoms with E-state index in [0.29, 0.717) is 13.1 Å². The molecule has 0 bridgehead atoms. The van der Waals surface area contributed by atoms with Gasteiger partial charge in [-0.2, -0.15) is 5.10 Å². The van der Waals surface area contributed by atoms with E-state index in [-0.39, 0.29) is 11.9 Å². The first-order valence-corrected chi connectivity index (χ1v) is 10.3. The summed E-state index contributed by atoms with van der Waals surface area (Å²) in [7, 11) is 3.61. The van der Waals surface area contributed by atoms with E-state index in [1.807, 2.05) is 66.0 Å². The Labute approximate surface area is 177 Å². The van der Waals surface area contributed by atoms with E-state index < -0.39 is 0 Å². The zero-order chi connectivity index (χ0) is 21.3. The van der Waals surface area contributed by atoms with E-state index in [1.165, 1.54) is 5.56 Å². The molecular weight excluding hydrogens is 376 g/mol. The molecule has 2 aromatic carbocycles. The summed E-state index contributed by atoms with van der Waals surface area (Å²) >= 11 is 0. The fourth-order valence-corrected chi connectivity index (χ4v) is 4.09. The van der Waals surface area contributed by atoms with E-state index in [4.69, 9.17) is 9.84 Å². The molecule has 0 radical (unpaired) electrons. The Morgan fingerprint density at radius 1 is 1.07 bits per heavy atom. The number of anilines is 1. The van der Waals surface area contributed by atoms with Gasteiger partial charge < -0.3 is 9.64 Å². The van der Waals surface area contributed by atoms with Gasteiger partial charge in [0.1, 0.15) is 5.75 Å². The molecule has 1 aromatic heterocycles. The summed E-state index contributed by atoms with van der Waals surface area (Å²) in [5.74, 6) is 0.814. The van der Waals surface area contributed by atoms with Gasteiger partial charge in [0.15, 0.2) is 0 Å². The van der Waals surface area contributed by atoms with Crippen LogP contribution in [-0.2, 0) is 18.4 Å². The third kappa shape index (κ3) is 3.59. The number of hydrogen-bond donors (Lipinski definition) is 0. The first-order valence-electron chi connectivity index (χ1n) is 10.3. The second-order valence-electron chi connectivity index (χ2n) is 7.71. The monoisotopic (exact) mass is 404 g/mol. The van der Waals surface area contributed by atoms with Gasteiger partial charge in [-0.05, 0) is 26.0 Å². The first-order chi connectivity index (χ1) is 14.5. The van der Waals surface area contributed by atoms with Gasteiger partial charge in [-0.1, -0.05) is 42.5 Å². The quantitative estimate of drug-likeness (QED) is 0.652. The highest BCUT2D eigenvalue weighted by Gasteiger charge is 2.34. The summed E-state index contributed by atoms with van der Waals surface area (Å²) in [6.07, 6.45) is 0. The van der Waals surface area contributed by atoms with Crippen molar-refractivity contribution in [2.45, 2.75) is 26.4 Å². The molecular formula is C24H28N4O2. The molecule has 6 heteroatoms. The maximum absolute atomic E-state index is 13.2. The smallest absolute Gasteiger partial charge is 0.244 e. The molecule has 1 fully saturated rings. The number of aryl methyl sites for hydroxylation is 1. The SMILES string of the molecule is COc1ccccc1N1CCN(Cc2c(-c3ccccc3)nn(C)c2C)C(C)C1=O. The van der Waals surface area contributed by atoms with Crippen molar-refractivity contribution in [2.75, 3.05) is 25.1 Å². The summed E-state index contributed by atoms with van der Waals surface area (Å²) in [6, 6.07) is 17.7. The molecule has 0 spiro atoms. The third-order valence-corrected chi connectivity index (χ3v) is 6.02. The maximum atomic E-state index is 13.2. The molecule has 30 heavy (non-hydrogen) atoms. The third-order valence-electron chi connectivity index (χ3n) is 6.02. The minimum Gasteiger partial charge on any atom is -0.495 e. The number of aromatic nitrogens is 2. The van der Waals surface area contributed by atoms with E-state index in [9.17, 15) is 4.79 Å². The zero-order valence-corrected chi connectivity index (χ0v) is 18.0. The van der Waals surface area contributed by atoms with Crippen molar-refractivity contribution in [2.24, 2.45) is 7.05 Å². The van der Waals surface area contributed by atoms with Gasteiger partial charge in [0.2, 0.25) is 5.91 Å². The lowest BCUT2D eigenvalue weighted by Crippen LogP contribution is -2.55. The van der Waals surface area contributed by atoms with Crippen molar-refractivity contribution in [1.82, 2.24) is 14.7 Å². The lowest BCUT2D eigenvalue weighted by atomic mass is 10.0. The van der Waals surface area contributed by atoms with E-state index in [0.717, 1.165) is 34.9 Å². The number of piperazine rings is 1. The number of benzene rings is 2. The molecule has 0 saturated carbocycles. The molecule has 1 aliphatic rings.